The van der Waals surface area contributed by atoms with Crippen LogP contribution in [0.3, 0.4) is 0 Å². The fourth-order valence-electron chi connectivity index (χ4n) is 3.97. The summed E-state index contributed by atoms with van der Waals surface area (Å²) >= 11 is 0. The highest BCUT2D eigenvalue weighted by Gasteiger charge is 2.29. The number of aryl methyl sites for hydroxylation is 1. The minimum absolute atomic E-state index is 0.393. The Hall–Kier alpha value is -2.14. The van der Waals surface area contributed by atoms with Crippen molar-refractivity contribution in [3.8, 4) is 0 Å². The summed E-state index contributed by atoms with van der Waals surface area (Å²) in [6.45, 7) is 12.0. The Morgan fingerprint density at radius 2 is 1.84 bits per heavy atom. The second-order valence-corrected chi connectivity index (χ2v) is 7.14. The van der Waals surface area contributed by atoms with Crippen LogP contribution in [0.25, 0.3) is 0 Å². The van der Waals surface area contributed by atoms with Crippen LogP contribution in [0.15, 0.2) is 30.3 Å². The average Bonchev–Trinajstić information content (AvgIpc) is 2.97. The van der Waals surface area contributed by atoms with Crippen molar-refractivity contribution in [1.82, 2.24) is 14.9 Å². The van der Waals surface area contributed by atoms with Crippen molar-refractivity contribution in [3.05, 3.63) is 41.6 Å². The van der Waals surface area contributed by atoms with Gasteiger partial charge in [0.2, 0.25) is 5.95 Å². The van der Waals surface area contributed by atoms with Gasteiger partial charge in [-0.15, -0.1) is 0 Å². The molecular formula is C20H27N5. The maximum absolute atomic E-state index is 4.96. The van der Waals surface area contributed by atoms with Gasteiger partial charge in [0.15, 0.2) is 0 Å². The molecule has 1 aromatic heterocycles. The molecule has 0 spiro atoms. The number of fused-ring (bicyclic) bond motifs is 1. The smallest absolute Gasteiger partial charge is 0.232 e. The van der Waals surface area contributed by atoms with Gasteiger partial charge in [0.05, 0.1) is 0 Å². The topological polar surface area (TPSA) is 35.5 Å². The molecule has 1 atom stereocenters. The zero-order chi connectivity index (χ0) is 17.4. The van der Waals surface area contributed by atoms with Crippen LogP contribution in [0.1, 0.15) is 25.1 Å². The van der Waals surface area contributed by atoms with E-state index in [0.717, 1.165) is 56.6 Å². The molecule has 4 rings (SSSR count). The fourth-order valence-corrected chi connectivity index (χ4v) is 3.97. The van der Waals surface area contributed by atoms with Gasteiger partial charge in [-0.2, -0.15) is 4.98 Å². The first-order valence-corrected chi connectivity index (χ1v) is 9.36. The molecule has 2 aromatic rings. The van der Waals surface area contributed by atoms with Gasteiger partial charge in [0.1, 0.15) is 5.82 Å². The van der Waals surface area contributed by atoms with Gasteiger partial charge in [0.25, 0.3) is 0 Å². The Labute approximate surface area is 150 Å². The summed E-state index contributed by atoms with van der Waals surface area (Å²) < 4.78 is 0. The summed E-state index contributed by atoms with van der Waals surface area (Å²) in [4.78, 5) is 16.9. The van der Waals surface area contributed by atoms with Crippen LogP contribution >= 0.6 is 0 Å². The molecule has 5 nitrogen and oxygen atoms in total. The molecule has 0 bridgehead atoms. The molecule has 0 saturated carbocycles. The molecule has 0 N–H and O–H groups in total. The molecule has 2 aliphatic heterocycles. The molecule has 3 heterocycles. The largest absolute Gasteiger partial charge is 0.354 e. The van der Waals surface area contributed by atoms with Gasteiger partial charge in [-0.1, -0.05) is 25.1 Å². The Kier molecular flexibility index (Phi) is 4.34. The van der Waals surface area contributed by atoms with Crippen LogP contribution in [0.5, 0.6) is 0 Å². The monoisotopic (exact) mass is 337 g/mol. The molecule has 5 heteroatoms. The van der Waals surface area contributed by atoms with Gasteiger partial charge < -0.3 is 14.7 Å². The lowest BCUT2D eigenvalue weighted by molar-refractivity contribution is 0.270. The summed E-state index contributed by atoms with van der Waals surface area (Å²) in [6, 6.07) is 11.1. The van der Waals surface area contributed by atoms with Crippen molar-refractivity contribution in [2.45, 2.75) is 33.2 Å². The number of hydrogen-bond donors (Lipinski definition) is 0. The van der Waals surface area contributed by atoms with E-state index in [1.807, 2.05) is 0 Å². The Morgan fingerprint density at radius 1 is 1.08 bits per heavy atom. The standard InChI is InChI=1S/C20H27N5/c1-4-23-9-11-24(12-10-23)19-13-15(2)21-20(22-19)25-16(3)14-17-7-5-6-8-18(17)25/h5-8,13,16H,4,9-12,14H2,1-3H3. The van der Waals surface area contributed by atoms with E-state index < -0.39 is 0 Å². The SMILES string of the molecule is CCN1CCN(c2cc(C)nc(N3c4ccccc4CC3C)n2)CC1. The molecule has 0 amide bonds. The van der Waals surface area contributed by atoms with Gasteiger partial charge in [0, 0.05) is 49.7 Å². The fraction of sp³-hybridized carbons (Fsp3) is 0.500. The van der Waals surface area contributed by atoms with Gasteiger partial charge >= 0.3 is 0 Å². The molecule has 0 aliphatic carbocycles. The number of anilines is 3. The first-order valence-electron chi connectivity index (χ1n) is 9.36. The van der Waals surface area contributed by atoms with Crippen molar-refractivity contribution >= 4 is 17.5 Å². The van der Waals surface area contributed by atoms with Crippen molar-refractivity contribution < 1.29 is 0 Å². The normalized spacial score (nSPS) is 20.8. The lowest BCUT2D eigenvalue weighted by atomic mass is 10.1. The van der Waals surface area contributed by atoms with Crippen LogP contribution < -0.4 is 9.80 Å². The summed E-state index contributed by atoms with van der Waals surface area (Å²) in [5.41, 5.74) is 3.68. The lowest BCUT2D eigenvalue weighted by Gasteiger charge is -2.35. The van der Waals surface area contributed by atoms with Gasteiger partial charge in [-0.25, -0.2) is 4.98 Å². The van der Waals surface area contributed by atoms with Crippen molar-refractivity contribution in [2.24, 2.45) is 0 Å². The van der Waals surface area contributed by atoms with Crippen LogP contribution in [0.2, 0.25) is 0 Å². The maximum atomic E-state index is 4.96. The predicted octanol–water partition coefficient (Wildman–Crippen LogP) is 3.01. The number of nitrogens with zero attached hydrogens (tertiary/aromatic N) is 5. The van der Waals surface area contributed by atoms with E-state index in [-0.39, 0.29) is 0 Å². The lowest BCUT2D eigenvalue weighted by Crippen LogP contribution is -2.46. The number of rotatable bonds is 3. The highest BCUT2D eigenvalue weighted by Crippen LogP contribution is 2.37. The van der Waals surface area contributed by atoms with E-state index in [1.54, 1.807) is 0 Å². The summed E-state index contributed by atoms with van der Waals surface area (Å²) in [7, 11) is 0. The van der Waals surface area contributed by atoms with Crippen molar-refractivity contribution in [1.29, 1.82) is 0 Å². The summed E-state index contributed by atoms with van der Waals surface area (Å²) in [5, 5.41) is 0. The molecule has 132 valence electrons. The van der Waals surface area contributed by atoms with E-state index in [2.05, 4.69) is 65.8 Å². The number of hydrogen-bond acceptors (Lipinski definition) is 5. The van der Waals surface area contributed by atoms with Crippen LogP contribution in [-0.2, 0) is 6.42 Å². The quantitative estimate of drug-likeness (QED) is 0.860. The first-order chi connectivity index (χ1) is 12.2. The van der Waals surface area contributed by atoms with Crippen molar-refractivity contribution in [3.63, 3.8) is 0 Å². The Morgan fingerprint density at radius 3 is 2.60 bits per heavy atom. The van der Waals surface area contributed by atoms with E-state index in [0.29, 0.717) is 6.04 Å². The van der Waals surface area contributed by atoms with E-state index >= 15 is 0 Å². The maximum Gasteiger partial charge on any atom is 0.232 e. The molecule has 1 saturated heterocycles. The summed E-state index contributed by atoms with van der Waals surface area (Å²) in [6.07, 6.45) is 1.05. The predicted molar refractivity (Wildman–Crippen MR) is 103 cm³/mol. The van der Waals surface area contributed by atoms with E-state index in [9.17, 15) is 0 Å². The van der Waals surface area contributed by atoms with Gasteiger partial charge in [-0.3, -0.25) is 0 Å². The Bertz CT molecular complexity index is 752. The number of likely N-dealkylation sites (N-methyl/N-ethyl adjacent to an activating group) is 1. The van der Waals surface area contributed by atoms with Crippen LogP contribution in [-0.4, -0.2) is 53.6 Å². The molecule has 1 fully saturated rings. The third-order valence-electron chi connectivity index (χ3n) is 5.40. The number of benzene rings is 1. The molecular weight excluding hydrogens is 310 g/mol. The van der Waals surface area contributed by atoms with Crippen LogP contribution in [0.4, 0.5) is 17.5 Å². The molecule has 2 aliphatic rings. The third-order valence-corrected chi connectivity index (χ3v) is 5.40. The molecule has 0 radical (unpaired) electrons. The zero-order valence-electron chi connectivity index (χ0n) is 15.4. The summed E-state index contributed by atoms with van der Waals surface area (Å²) in [5.74, 6) is 1.90. The molecule has 1 unspecified atom stereocenters. The van der Waals surface area contributed by atoms with E-state index in [4.69, 9.17) is 9.97 Å². The minimum Gasteiger partial charge on any atom is -0.354 e. The second kappa shape index (κ2) is 6.64. The highest BCUT2D eigenvalue weighted by molar-refractivity contribution is 5.67. The van der Waals surface area contributed by atoms with Crippen LogP contribution in [0, 0.1) is 6.92 Å². The number of piperazine rings is 1. The molecule has 1 aromatic carbocycles. The van der Waals surface area contributed by atoms with E-state index in [1.165, 1.54) is 11.3 Å². The third kappa shape index (κ3) is 3.09. The second-order valence-electron chi connectivity index (χ2n) is 7.14. The zero-order valence-corrected chi connectivity index (χ0v) is 15.4. The van der Waals surface area contributed by atoms with Crippen molar-refractivity contribution in [2.75, 3.05) is 42.5 Å². The average molecular weight is 337 g/mol. The Balaban J connectivity index is 1.65. The van der Waals surface area contributed by atoms with Gasteiger partial charge in [-0.05, 0) is 38.4 Å². The minimum atomic E-state index is 0.393. The highest BCUT2D eigenvalue weighted by atomic mass is 15.3. The molecule has 25 heavy (non-hydrogen) atoms. The number of aromatic nitrogens is 2. The first kappa shape index (κ1) is 16.3. The number of para-hydroxylation sites is 1.